The van der Waals surface area contributed by atoms with E-state index in [0.717, 1.165) is 4.47 Å². The number of hydrogen-bond acceptors (Lipinski definition) is 5. The van der Waals surface area contributed by atoms with E-state index < -0.39 is 5.97 Å². The lowest BCUT2D eigenvalue weighted by molar-refractivity contribution is 0.0466. The minimum Gasteiger partial charge on any atom is -0.497 e. The van der Waals surface area contributed by atoms with Gasteiger partial charge >= 0.3 is 5.97 Å². The van der Waals surface area contributed by atoms with Gasteiger partial charge in [-0.3, -0.25) is 9.20 Å². The summed E-state index contributed by atoms with van der Waals surface area (Å²) in [4.78, 5) is 28.7. The van der Waals surface area contributed by atoms with Crippen molar-refractivity contribution in [1.29, 1.82) is 0 Å². The molecule has 0 saturated carbocycles. The second kappa shape index (κ2) is 7.37. The Labute approximate surface area is 159 Å². The van der Waals surface area contributed by atoms with Crippen LogP contribution < -0.4 is 10.3 Å². The van der Waals surface area contributed by atoms with Crippen LogP contribution in [-0.4, -0.2) is 22.5 Å². The van der Waals surface area contributed by atoms with E-state index in [4.69, 9.17) is 9.47 Å². The van der Waals surface area contributed by atoms with E-state index in [1.54, 1.807) is 36.5 Å². The Morgan fingerprint density at radius 2 is 2.00 bits per heavy atom. The van der Waals surface area contributed by atoms with E-state index in [2.05, 4.69) is 36.8 Å². The molecule has 0 radical (unpaired) electrons. The number of halogens is 2. The molecule has 6 nitrogen and oxygen atoms in total. The summed E-state index contributed by atoms with van der Waals surface area (Å²) in [7, 11) is 1.52. The molecule has 0 aliphatic rings. The van der Waals surface area contributed by atoms with Gasteiger partial charge in [0.15, 0.2) is 0 Å². The molecule has 2 heterocycles. The average molecular weight is 468 g/mol. The number of carbonyl (C=O) groups is 1. The van der Waals surface area contributed by atoms with Crippen LogP contribution >= 0.6 is 31.9 Å². The highest BCUT2D eigenvalue weighted by atomic mass is 79.9. The number of benzene rings is 1. The maximum absolute atomic E-state index is 12.3. The van der Waals surface area contributed by atoms with Crippen LogP contribution in [0.3, 0.4) is 0 Å². The van der Waals surface area contributed by atoms with Crippen molar-refractivity contribution in [3.8, 4) is 5.75 Å². The predicted molar refractivity (Wildman–Crippen MR) is 99.0 cm³/mol. The molecule has 0 aliphatic carbocycles. The number of nitrogens with zero attached hydrogens (tertiary/aromatic N) is 2. The number of carbonyl (C=O) groups excluding carboxylic acids is 1. The summed E-state index contributed by atoms with van der Waals surface area (Å²) in [5.74, 6) is 0.00591. The van der Waals surface area contributed by atoms with E-state index in [1.165, 1.54) is 17.6 Å². The second-order valence-corrected chi connectivity index (χ2v) is 6.85. The molecular formula is C17H12Br2N2O4. The third kappa shape index (κ3) is 3.91. The zero-order chi connectivity index (χ0) is 18.0. The molecule has 0 bridgehead atoms. The van der Waals surface area contributed by atoms with Crippen LogP contribution in [0, 0.1) is 0 Å². The van der Waals surface area contributed by atoms with Gasteiger partial charge in [0.1, 0.15) is 18.0 Å². The highest BCUT2D eigenvalue weighted by Crippen LogP contribution is 2.23. The van der Waals surface area contributed by atoms with Gasteiger partial charge in [0, 0.05) is 21.2 Å². The second-order valence-electron chi connectivity index (χ2n) is 5.08. The summed E-state index contributed by atoms with van der Waals surface area (Å²) in [5, 5.41) is 0. The molecule has 0 atom stereocenters. The first-order valence-electron chi connectivity index (χ1n) is 7.16. The lowest BCUT2D eigenvalue weighted by Crippen LogP contribution is -2.16. The standard InChI is InChI=1S/C17H12Br2N2O4/c1-24-12-3-4-14(19)13(7-12)17(23)25-9-11-6-16(22)21-8-10(18)2-5-15(21)20-11/h2-8H,9H2,1H3. The molecule has 0 spiro atoms. The van der Waals surface area contributed by atoms with Gasteiger partial charge in [-0.05, 0) is 62.2 Å². The Morgan fingerprint density at radius 1 is 1.20 bits per heavy atom. The van der Waals surface area contributed by atoms with E-state index >= 15 is 0 Å². The molecule has 0 aliphatic heterocycles. The Kier molecular flexibility index (Phi) is 5.19. The van der Waals surface area contributed by atoms with Gasteiger partial charge in [-0.25, -0.2) is 9.78 Å². The van der Waals surface area contributed by atoms with E-state index in [0.29, 0.717) is 27.1 Å². The minimum atomic E-state index is -0.538. The van der Waals surface area contributed by atoms with Gasteiger partial charge in [-0.1, -0.05) is 0 Å². The lowest BCUT2D eigenvalue weighted by Gasteiger charge is -2.08. The highest BCUT2D eigenvalue weighted by Gasteiger charge is 2.14. The van der Waals surface area contributed by atoms with Crippen molar-refractivity contribution < 1.29 is 14.3 Å². The fraction of sp³-hybridized carbons (Fsp3) is 0.118. The monoisotopic (exact) mass is 466 g/mol. The summed E-state index contributed by atoms with van der Waals surface area (Å²) in [6.07, 6.45) is 1.63. The summed E-state index contributed by atoms with van der Waals surface area (Å²) in [6.45, 7) is -0.107. The maximum Gasteiger partial charge on any atom is 0.339 e. The van der Waals surface area contributed by atoms with Crippen LogP contribution in [0.4, 0.5) is 0 Å². The van der Waals surface area contributed by atoms with Gasteiger partial charge in [-0.15, -0.1) is 0 Å². The molecule has 0 unspecified atom stereocenters. The summed E-state index contributed by atoms with van der Waals surface area (Å²) in [6, 6.07) is 9.83. The van der Waals surface area contributed by atoms with Crippen molar-refractivity contribution in [3.63, 3.8) is 0 Å². The van der Waals surface area contributed by atoms with Gasteiger partial charge in [0.25, 0.3) is 5.56 Å². The van der Waals surface area contributed by atoms with Crippen LogP contribution in [-0.2, 0) is 11.3 Å². The first-order valence-corrected chi connectivity index (χ1v) is 8.75. The highest BCUT2D eigenvalue weighted by molar-refractivity contribution is 9.10. The number of ether oxygens (including phenoxy) is 2. The number of rotatable bonds is 4. The fourth-order valence-corrected chi connectivity index (χ4v) is 2.95. The van der Waals surface area contributed by atoms with Crippen LogP contribution in [0.15, 0.2) is 56.3 Å². The molecule has 0 amide bonds. The van der Waals surface area contributed by atoms with Gasteiger partial charge in [-0.2, -0.15) is 0 Å². The van der Waals surface area contributed by atoms with E-state index in [1.807, 2.05) is 0 Å². The zero-order valence-corrected chi connectivity index (χ0v) is 16.2. The van der Waals surface area contributed by atoms with Crippen molar-refractivity contribution in [3.05, 3.63) is 73.2 Å². The van der Waals surface area contributed by atoms with Crippen molar-refractivity contribution in [2.45, 2.75) is 6.61 Å². The molecule has 25 heavy (non-hydrogen) atoms. The third-order valence-electron chi connectivity index (χ3n) is 3.42. The van der Waals surface area contributed by atoms with Crippen LogP contribution in [0.2, 0.25) is 0 Å². The van der Waals surface area contributed by atoms with Crippen molar-refractivity contribution >= 4 is 43.5 Å². The molecule has 8 heteroatoms. The van der Waals surface area contributed by atoms with E-state index in [-0.39, 0.29) is 12.2 Å². The largest absolute Gasteiger partial charge is 0.497 e. The number of aromatic nitrogens is 2. The third-order valence-corrected chi connectivity index (χ3v) is 4.58. The minimum absolute atomic E-state index is 0.107. The summed E-state index contributed by atoms with van der Waals surface area (Å²) >= 11 is 6.62. The molecule has 3 aromatic rings. The number of hydrogen-bond donors (Lipinski definition) is 0. The first kappa shape index (κ1) is 17.6. The van der Waals surface area contributed by atoms with Crippen LogP contribution in [0.5, 0.6) is 5.75 Å². The van der Waals surface area contributed by atoms with Crippen molar-refractivity contribution in [2.75, 3.05) is 7.11 Å². The molecule has 0 fully saturated rings. The van der Waals surface area contributed by atoms with Crippen LogP contribution in [0.1, 0.15) is 16.1 Å². The zero-order valence-electron chi connectivity index (χ0n) is 13.0. The summed E-state index contributed by atoms with van der Waals surface area (Å²) < 4.78 is 13.2. The van der Waals surface area contributed by atoms with Gasteiger partial charge in [0.2, 0.25) is 0 Å². The lowest BCUT2D eigenvalue weighted by atomic mass is 10.2. The summed E-state index contributed by atoms with van der Waals surface area (Å²) in [5.41, 5.74) is 0.935. The Balaban J connectivity index is 1.82. The van der Waals surface area contributed by atoms with Gasteiger partial charge < -0.3 is 9.47 Å². The molecule has 3 rings (SSSR count). The van der Waals surface area contributed by atoms with Crippen molar-refractivity contribution in [2.24, 2.45) is 0 Å². The maximum atomic E-state index is 12.3. The number of fused-ring (bicyclic) bond motifs is 1. The molecule has 2 aromatic heterocycles. The molecule has 128 valence electrons. The molecule has 0 saturated heterocycles. The van der Waals surface area contributed by atoms with E-state index in [9.17, 15) is 9.59 Å². The number of pyridine rings is 1. The normalized spacial score (nSPS) is 10.7. The predicted octanol–water partition coefficient (Wildman–Crippen LogP) is 3.59. The molecule has 0 N–H and O–H groups in total. The Hall–Kier alpha value is -2.19. The molecule has 1 aromatic carbocycles. The Morgan fingerprint density at radius 3 is 2.76 bits per heavy atom. The van der Waals surface area contributed by atoms with Gasteiger partial charge in [0.05, 0.1) is 18.4 Å². The average Bonchev–Trinajstić information content (AvgIpc) is 2.60. The Bertz CT molecular complexity index is 1020. The smallest absolute Gasteiger partial charge is 0.339 e. The number of esters is 1. The first-order chi connectivity index (χ1) is 12.0. The topological polar surface area (TPSA) is 69.9 Å². The van der Waals surface area contributed by atoms with Crippen molar-refractivity contribution in [1.82, 2.24) is 9.38 Å². The SMILES string of the molecule is COc1ccc(Br)c(C(=O)OCc2cc(=O)n3cc(Br)ccc3n2)c1. The fourth-order valence-electron chi connectivity index (χ4n) is 2.21. The van der Waals surface area contributed by atoms with Crippen LogP contribution in [0.25, 0.3) is 5.65 Å². The quantitative estimate of drug-likeness (QED) is 0.548. The number of methoxy groups -OCH3 is 1. The molecular weight excluding hydrogens is 456 g/mol.